The van der Waals surface area contributed by atoms with E-state index < -0.39 is 5.63 Å². The van der Waals surface area contributed by atoms with Crippen LogP contribution < -0.4 is 10.4 Å². The quantitative estimate of drug-likeness (QED) is 0.542. The number of ether oxygens (including phenoxy) is 1. The van der Waals surface area contributed by atoms with E-state index in [-0.39, 0.29) is 12.4 Å². The molecule has 3 rings (SSSR count). The SMILES string of the molecule is O=C(COc1ccc2ccc(=O)oc2c1)c1ccc(Cl)s1. The molecule has 0 aliphatic heterocycles. The van der Waals surface area contributed by atoms with Crippen molar-refractivity contribution in [3.8, 4) is 5.75 Å². The Balaban J connectivity index is 1.76. The summed E-state index contributed by atoms with van der Waals surface area (Å²) in [6, 6.07) is 11.4. The van der Waals surface area contributed by atoms with E-state index in [1.54, 1.807) is 36.4 Å². The average Bonchev–Trinajstić information content (AvgIpc) is 2.91. The number of carbonyl (C=O) groups is 1. The van der Waals surface area contributed by atoms with Crippen molar-refractivity contribution in [2.45, 2.75) is 0 Å². The Hall–Kier alpha value is -2.11. The summed E-state index contributed by atoms with van der Waals surface area (Å²) in [6.45, 7) is -0.0978. The lowest BCUT2D eigenvalue weighted by atomic mass is 10.2. The molecule has 0 bridgehead atoms. The Morgan fingerprint density at radius 2 is 2.00 bits per heavy atom. The molecule has 4 nitrogen and oxygen atoms in total. The summed E-state index contributed by atoms with van der Waals surface area (Å²) in [5.41, 5.74) is -0.00410. The molecule has 0 radical (unpaired) electrons. The third-order valence-corrected chi connectivity index (χ3v) is 4.08. The minimum Gasteiger partial charge on any atom is -0.485 e. The van der Waals surface area contributed by atoms with Crippen LogP contribution >= 0.6 is 22.9 Å². The lowest BCUT2D eigenvalue weighted by molar-refractivity contribution is 0.0925. The van der Waals surface area contributed by atoms with E-state index in [1.165, 1.54) is 17.4 Å². The molecule has 0 spiro atoms. The van der Waals surface area contributed by atoms with Crippen molar-refractivity contribution in [2.24, 2.45) is 0 Å². The first kappa shape index (κ1) is 13.9. The Labute approximate surface area is 128 Å². The van der Waals surface area contributed by atoms with E-state index >= 15 is 0 Å². The number of hydrogen-bond acceptors (Lipinski definition) is 5. The van der Waals surface area contributed by atoms with Crippen LogP contribution in [0.2, 0.25) is 4.34 Å². The van der Waals surface area contributed by atoms with Gasteiger partial charge in [0, 0.05) is 17.5 Å². The fourth-order valence-electron chi connectivity index (χ4n) is 1.81. The molecule has 0 unspecified atom stereocenters. The number of rotatable bonds is 4. The van der Waals surface area contributed by atoms with Gasteiger partial charge in [0.1, 0.15) is 11.3 Å². The van der Waals surface area contributed by atoms with Gasteiger partial charge in [-0.25, -0.2) is 4.79 Å². The molecular formula is C15H9ClO4S. The lowest BCUT2D eigenvalue weighted by Gasteiger charge is -2.05. The predicted molar refractivity (Wildman–Crippen MR) is 81.6 cm³/mol. The molecule has 1 aromatic carbocycles. The molecule has 2 aromatic heterocycles. The second-order valence-electron chi connectivity index (χ2n) is 4.27. The van der Waals surface area contributed by atoms with Crippen molar-refractivity contribution in [1.29, 1.82) is 0 Å². The van der Waals surface area contributed by atoms with Gasteiger partial charge in [-0.1, -0.05) is 11.6 Å². The summed E-state index contributed by atoms with van der Waals surface area (Å²) in [6.07, 6.45) is 0. The molecule has 0 fully saturated rings. The van der Waals surface area contributed by atoms with Gasteiger partial charge in [0.25, 0.3) is 0 Å². The largest absolute Gasteiger partial charge is 0.485 e. The van der Waals surface area contributed by atoms with Crippen LogP contribution in [0.15, 0.2) is 51.7 Å². The summed E-state index contributed by atoms with van der Waals surface area (Å²) in [4.78, 5) is 23.6. The lowest BCUT2D eigenvalue weighted by Crippen LogP contribution is -2.10. The highest BCUT2D eigenvalue weighted by atomic mass is 35.5. The van der Waals surface area contributed by atoms with Gasteiger partial charge in [0.2, 0.25) is 5.78 Å². The van der Waals surface area contributed by atoms with Gasteiger partial charge in [0.15, 0.2) is 6.61 Å². The first-order valence-corrected chi connectivity index (χ1v) is 7.26. The highest BCUT2D eigenvalue weighted by molar-refractivity contribution is 7.18. The topological polar surface area (TPSA) is 56.5 Å². The first-order valence-electron chi connectivity index (χ1n) is 6.07. The number of Topliss-reactive ketones (excluding diaryl/α,β-unsaturated/α-hetero) is 1. The number of halogens is 1. The minimum absolute atomic E-state index is 0.0978. The van der Waals surface area contributed by atoms with Crippen molar-refractivity contribution in [1.82, 2.24) is 0 Å². The highest BCUT2D eigenvalue weighted by Crippen LogP contribution is 2.23. The molecule has 3 aromatic rings. The Bertz CT molecular complexity index is 865. The number of benzene rings is 1. The van der Waals surface area contributed by atoms with Crippen LogP contribution in [-0.2, 0) is 0 Å². The first-order chi connectivity index (χ1) is 10.1. The average molecular weight is 321 g/mol. The summed E-state index contributed by atoms with van der Waals surface area (Å²) in [5.74, 6) is 0.314. The molecule has 21 heavy (non-hydrogen) atoms. The maximum atomic E-state index is 11.9. The summed E-state index contributed by atoms with van der Waals surface area (Å²) < 4.78 is 11.1. The maximum absolute atomic E-state index is 11.9. The molecule has 0 aliphatic carbocycles. The van der Waals surface area contributed by atoms with Crippen LogP contribution in [0, 0.1) is 0 Å². The third kappa shape index (κ3) is 3.15. The van der Waals surface area contributed by atoms with Gasteiger partial charge in [-0.3, -0.25) is 4.79 Å². The van der Waals surface area contributed by atoms with Crippen LogP contribution in [-0.4, -0.2) is 12.4 Å². The van der Waals surface area contributed by atoms with E-state index in [1.807, 2.05) is 0 Å². The summed E-state index contributed by atoms with van der Waals surface area (Å²) >= 11 is 7.00. The van der Waals surface area contributed by atoms with E-state index in [0.717, 1.165) is 5.39 Å². The fraction of sp³-hybridized carbons (Fsp3) is 0.0667. The Morgan fingerprint density at radius 1 is 1.19 bits per heavy atom. The predicted octanol–water partition coefficient (Wildman–Crippen LogP) is 3.77. The van der Waals surface area contributed by atoms with Crippen molar-refractivity contribution >= 4 is 39.7 Å². The number of ketones is 1. The number of thiophene rings is 1. The van der Waals surface area contributed by atoms with Gasteiger partial charge < -0.3 is 9.15 Å². The van der Waals surface area contributed by atoms with E-state index in [4.69, 9.17) is 20.8 Å². The van der Waals surface area contributed by atoms with Gasteiger partial charge >= 0.3 is 5.63 Å². The number of fused-ring (bicyclic) bond motifs is 1. The second kappa shape index (κ2) is 5.71. The van der Waals surface area contributed by atoms with Gasteiger partial charge in [-0.15, -0.1) is 11.3 Å². The van der Waals surface area contributed by atoms with Crippen LogP contribution in [0.3, 0.4) is 0 Å². The second-order valence-corrected chi connectivity index (χ2v) is 5.98. The van der Waals surface area contributed by atoms with Crippen LogP contribution in [0.25, 0.3) is 11.0 Å². The molecule has 0 amide bonds. The zero-order valence-corrected chi connectivity index (χ0v) is 12.2. The summed E-state index contributed by atoms with van der Waals surface area (Å²) in [5, 5.41) is 0.790. The molecular weight excluding hydrogens is 312 g/mol. The third-order valence-electron chi connectivity index (χ3n) is 2.81. The van der Waals surface area contributed by atoms with E-state index in [0.29, 0.717) is 20.5 Å². The number of carbonyl (C=O) groups excluding carboxylic acids is 1. The molecule has 0 atom stereocenters. The van der Waals surface area contributed by atoms with E-state index in [2.05, 4.69) is 0 Å². The highest BCUT2D eigenvalue weighted by Gasteiger charge is 2.10. The van der Waals surface area contributed by atoms with Gasteiger partial charge in [-0.2, -0.15) is 0 Å². The van der Waals surface area contributed by atoms with Crippen molar-refractivity contribution in [3.05, 3.63) is 62.1 Å². The molecule has 0 N–H and O–H groups in total. The molecule has 0 saturated carbocycles. The normalized spacial score (nSPS) is 10.7. The van der Waals surface area contributed by atoms with Gasteiger partial charge in [-0.05, 0) is 30.3 Å². The van der Waals surface area contributed by atoms with Crippen LogP contribution in [0.5, 0.6) is 5.75 Å². The maximum Gasteiger partial charge on any atom is 0.336 e. The Morgan fingerprint density at radius 3 is 2.76 bits per heavy atom. The van der Waals surface area contributed by atoms with Crippen LogP contribution in [0.4, 0.5) is 0 Å². The van der Waals surface area contributed by atoms with Gasteiger partial charge in [0.05, 0.1) is 9.21 Å². The Kier molecular flexibility index (Phi) is 3.77. The molecule has 0 saturated heterocycles. The van der Waals surface area contributed by atoms with Crippen molar-refractivity contribution in [2.75, 3.05) is 6.61 Å². The van der Waals surface area contributed by atoms with Crippen molar-refractivity contribution < 1.29 is 13.9 Å². The van der Waals surface area contributed by atoms with Crippen molar-refractivity contribution in [3.63, 3.8) is 0 Å². The zero-order valence-electron chi connectivity index (χ0n) is 10.7. The zero-order chi connectivity index (χ0) is 14.8. The smallest absolute Gasteiger partial charge is 0.336 e. The standard InChI is InChI=1S/C15H9ClO4S/c16-14-5-4-13(21-14)11(17)8-19-10-3-1-9-2-6-15(18)20-12(9)7-10/h1-7H,8H2. The molecule has 106 valence electrons. The fourth-order valence-corrected chi connectivity index (χ4v) is 2.78. The van der Waals surface area contributed by atoms with Crippen LogP contribution in [0.1, 0.15) is 9.67 Å². The molecule has 0 aliphatic rings. The van der Waals surface area contributed by atoms with E-state index in [9.17, 15) is 9.59 Å². The number of hydrogen-bond donors (Lipinski definition) is 0. The molecule has 2 heterocycles. The molecule has 6 heteroatoms. The monoisotopic (exact) mass is 320 g/mol. The minimum atomic E-state index is -0.427. The summed E-state index contributed by atoms with van der Waals surface area (Å²) in [7, 11) is 0.